The number of rotatable bonds is 3. The summed E-state index contributed by atoms with van der Waals surface area (Å²) in [6.07, 6.45) is 4.35. The van der Waals surface area contributed by atoms with Gasteiger partial charge in [0.1, 0.15) is 0 Å². The summed E-state index contributed by atoms with van der Waals surface area (Å²) in [5, 5.41) is 18.6. The van der Waals surface area contributed by atoms with Crippen molar-refractivity contribution in [2.45, 2.75) is 12.0 Å². The fraction of sp³-hybridized carbons (Fsp3) is 0.333. The van der Waals surface area contributed by atoms with Crippen LogP contribution in [0.25, 0.3) is 6.08 Å². The van der Waals surface area contributed by atoms with Gasteiger partial charge in [0.15, 0.2) is 0 Å². The molecule has 0 aliphatic heterocycles. The Kier molecular flexibility index (Phi) is 2.40. The summed E-state index contributed by atoms with van der Waals surface area (Å²) in [6.45, 7) is 0.0651. The van der Waals surface area contributed by atoms with E-state index < -0.39 is 5.60 Å². The van der Waals surface area contributed by atoms with E-state index in [0.717, 1.165) is 5.56 Å². The molecule has 2 heteroatoms. The summed E-state index contributed by atoms with van der Waals surface area (Å²) in [5.74, 6) is 0.0301. The van der Waals surface area contributed by atoms with Crippen LogP contribution in [0, 0.1) is 5.92 Å². The van der Waals surface area contributed by atoms with Crippen molar-refractivity contribution < 1.29 is 10.2 Å². The lowest BCUT2D eigenvalue weighted by atomic mass is 10.1. The van der Waals surface area contributed by atoms with E-state index in [0.29, 0.717) is 6.42 Å². The summed E-state index contributed by atoms with van der Waals surface area (Å²) >= 11 is 0. The number of hydrogen-bond acceptors (Lipinski definition) is 2. The molecule has 1 fully saturated rings. The molecule has 1 aliphatic carbocycles. The first-order chi connectivity index (χ1) is 6.74. The quantitative estimate of drug-likeness (QED) is 0.757. The Hall–Kier alpha value is -1.12. The zero-order valence-electron chi connectivity index (χ0n) is 7.93. The first kappa shape index (κ1) is 9.44. The third kappa shape index (κ3) is 1.86. The maximum Gasteiger partial charge on any atom is 0.0886 e. The van der Waals surface area contributed by atoms with E-state index >= 15 is 0 Å². The summed E-state index contributed by atoms with van der Waals surface area (Å²) in [4.78, 5) is 0. The van der Waals surface area contributed by atoms with E-state index in [1.165, 1.54) is 0 Å². The van der Waals surface area contributed by atoms with Crippen LogP contribution in [-0.4, -0.2) is 22.4 Å². The molecule has 1 aromatic rings. The van der Waals surface area contributed by atoms with Gasteiger partial charge in [-0.1, -0.05) is 42.5 Å². The Bertz CT molecular complexity index is 331. The highest BCUT2D eigenvalue weighted by molar-refractivity contribution is 5.51. The molecular formula is C12H14O2. The number of aliphatic hydroxyl groups is 2. The van der Waals surface area contributed by atoms with Crippen molar-refractivity contribution >= 4 is 6.08 Å². The van der Waals surface area contributed by atoms with Crippen molar-refractivity contribution in [2.24, 2.45) is 5.92 Å². The van der Waals surface area contributed by atoms with Gasteiger partial charge < -0.3 is 10.2 Å². The summed E-state index contributed by atoms with van der Waals surface area (Å²) in [5.41, 5.74) is 0.314. The molecule has 0 saturated heterocycles. The monoisotopic (exact) mass is 190 g/mol. The highest BCUT2D eigenvalue weighted by Crippen LogP contribution is 2.44. The van der Waals surface area contributed by atoms with Crippen molar-refractivity contribution in [3.05, 3.63) is 42.0 Å². The van der Waals surface area contributed by atoms with Gasteiger partial charge in [-0.05, 0) is 12.0 Å². The summed E-state index contributed by atoms with van der Waals surface area (Å²) < 4.78 is 0. The topological polar surface area (TPSA) is 40.5 Å². The fourth-order valence-corrected chi connectivity index (χ4v) is 1.57. The molecule has 14 heavy (non-hydrogen) atoms. The zero-order valence-corrected chi connectivity index (χ0v) is 7.93. The van der Waals surface area contributed by atoms with E-state index in [9.17, 15) is 5.11 Å². The first-order valence-electron chi connectivity index (χ1n) is 4.82. The van der Waals surface area contributed by atoms with Gasteiger partial charge in [-0.15, -0.1) is 0 Å². The molecule has 74 valence electrons. The molecule has 0 amide bonds. The van der Waals surface area contributed by atoms with Crippen molar-refractivity contribution in [3.63, 3.8) is 0 Å². The third-order valence-corrected chi connectivity index (χ3v) is 2.70. The lowest BCUT2D eigenvalue weighted by molar-refractivity contribution is 0.155. The van der Waals surface area contributed by atoms with Crippen molar-refractivity contribution in [1.82, 2.24) is 0 Å². The Morgan fingerprint density at radius 2 is 2.07 bits per heavy atom. The molecular weight excluding hydrogens is 176 g/mol. The molecule has 2 atom stereocenters. The molecule has 0 bridgehead atoms. The molecule has 0 heterocycles. The number of benzene rings is 1. The predicted molar refractivity (Wildman–Crippen MR) is 55.6 cm³/mol. The number of aliphatic hydroxyl groups excluding tert-OH is 1. The molecule has 2 rings (SSSR count). The van der Waals surface area contributed by atoms with Gasteiger partial charge in [0.05, 0.1) is 5.60 Å². The van der Waals surface area contributed by atoms with Crippen LogP contribution in [0.2, 0.25) is 0 Å². The van der Waals surface area contributed by atoms with Crippen molar-refractivity contribution in [3.8, 4) is 0 Å². The molecule has 0 unspecified atom stereocenters. The normalized spacial score (nSPS) is 30.9. The first-order valence-corrected chi connectivity index (χ1v) is 4.82. The van der Waals surface area contributed by atoms with E-state index in [4.69, 9.17) is 5.11 Å². The van der Waals surface area contributed by atoms with Gasteiger partial charge in [0, 0.05) is 12.5 Å². The van der Waals surface area contributed by atoms with Crippen LogP contribution >= 0.6 is 0 Å². The third-order valence-electron chi connectivity index (χ3n) is 2.70. The average molecular weight is 190 g/mol. The molecule has 0 radical (unpaired) electrons. The van der Waals surface area contributed by atoms with E-state index in [1.807, 2.05) is 36.4 Å². The maximum atomic E-state index is 9.80. The minimum absolute atomic E-state index is 0.0301. The fourth-order valence-electron chi connectivity index (χ4n) is 1.57. The molecule has 2 nitrogen and oxygen atoms in total. The molecule has 0 spiro atoms. The van der Waals surface area contributed by atoms with Crippen LogP contribution in [0.5, 0.6) is 0 Å². The Morgan fingerprint density at radius 3 is 2.64 bits per heavy atom. The largest absolute Gasteiger partial charge is 0.396 e. The van der Waals surface area contributed by atoms with E-state index in [-0.39, 0.29) is 12.5 Å². The molecule has 1 aliphatic rings. The standard InChI is InChI=1S/C12H14O2/c13-9-11-8-12(11,14)7-6-10-4-2-1-3-5-10/h1-7,11,13-14H,8-9H2/b7-6+/t11-,12-/m0/s1. The number of hydrogen-bond donors (Lipinski definition) is 2. The smallest absolute Gasteiger partial charge is 0.0886 e. The van der Waals surface area contributed by atoms with Gasteiger partial charge in [-0.3, -0.25) is 0 Å². The second-order valence-corrected chi connectivity index (χ2v) is 3.82. The minimum atomic E-state index is -0.759. The van der Waals surface area contributed by atoms with Crippen LogP contribution in [-0.2, 0) is 0 Å². The van der Waals surface area contributed by atoms with Crippen LogP contribution in [0.15, 0.2) is 36.4 Å². The second-order valence-electron chi connectivity index (χ2n) is 3.82. The Labute approximate surface area is 83.5 Å². The summed E-state index contributed by atoms with van der Waals surface area (Å²) in [6, 6.07) is 9.84. The van der Waals surface area contributed by atoms with Gasteiger partial charge >= 0.3 is 0 Å². The van der Waals surface area contributed by atoms with Crippen LogP contribution in [0.3, 0.4) is 0 Å². The SMILES string of the molecule is OC[C@@H]1C[C@@]1(O)/C=C/c1ccccc1. The van der Waals surface area contributed by atoms with Crippen molar-refractivity contribution in [1.29, 1.82) is 0 Å². The average Bonchev–Trinajstić information content (AvgIpc) is 2.89. The molecule has 0 aromatic heterocycles. The van der Waals surface area contributed by atoms with Gasteiger partial charge in [-0.25, -0.2) is 0 Å². The lowest BCUT2D eigenvalue weighted by Gasteiger charge is -2.01. The maximum absolute atomic E-state index is 9.80. The van der Waals surface area contributed by atoms with E-state index in [2.05, 4.69) is 0 Å². The van der Waals surface area contributed by atoms with Gasteiger partial charge in [0.2, 0.25) is 0 Å². The minimum Gasteiger partial charge on any atom is -0.396 e. The van der Waals surface area contributed by atoms with Crippen LogP contribution < -0.4 is 0 Å². The van der Waals surface area contributed by atoms with Crippen LogP contribution in [0.1, 0.15) is 12.0 Å². The Morgan fingerprint density at radius 1 is 1.36 bits per heavy atom. The van der Waals surface area contributed by atoms with E-state index in [1.54, 1.807) is 6.08 Å². The van der Waals surface area contributed by atoms with Gasteiger partial charge in [0.25, 0.3) is 0 Å². The Balaban J connectivity index is 2.02. The molecule has 2 N–H and O–H groups in total. The zero-order chi connectivity index (χ0) is 10.0. The second kappa shape index (κ2) is 3.56. The lowest BCUT2D eigenvalue weighted by Crippen LogP contribution is -2.08. The highest BCUT2D eigenvalue weighted by Gasteiger charge is 2.50. The summed E-state index contributed by atoms with van der Waals surface area (Å²) in [7, 11) is 0. The predicted octanol–water partition coefficient (Wildman–Crippen LogP) is 1.44. The van der Waals surface area contributed by atoms with Gasteiger partial charge in [-0.2, -0.15) is 0 Å². The van der Waals surface area contributed by atoms with Crippen molar-refractivity contribution in [2.75, 3.05) is 6.61 Å². The molecule has 1 aromatic carbocycles. The van der Waals surface area contributed by atoms with Crippen LogP contribution in [0.4, 0.5) is 0 Å². The molecule has 1 saturated carbocycles. The highest BCUT2D eigenvalue weighted by atomic mass is 16.3.